The van der Waals surface area contributed by atoms with Crippen LogP contribution < -0.4 is 24.3 Å². The lowest BCUT2D eigenvalue weighted by atomic mass is 9.91. The van der Waals surface area contributed by atoms with Crippen molar-refractivity contribution in [2.24, 2.45) is 0 Å². The van der Waals surface area contributed by atoms with Crippen molar-refractivity contribution >= 4 is 22.4 Å². The summed E-state index contributed by atoms with van der Waals surface area (Å²) in [6.07, 6.45) is 2.06. The Bertz CT molecular complexity index is 1200. The molecule has 0 spiro atoms. The maximum atomic E-state index is 12.9. The van der Waals surface area contributed by atoms with E-state index >= 15 is 0 Å². The van der Waals surface area contributed by atoms with Gasteiger partial charge in [-0.25, -0.2) is 0 Å². The summed E-state index contributed by atoms with van der Waals surface area (Å²) in [6.45, 7) is 0.409. The number of aliphatic hydroxyl groups is 1. The Morgan fingerprint density at radius 2 is 1.91 bits per heavy atom. The van der Waals surface area contributed by atoms with Gasteiger partial charge in [0.1, 0.15) is 0 Å². The second-order valence-electron chi connectivity index (χ2n) is 7.81. The van der Waals surface area contributed by atoms with E-state index in [9.17, 15) is 9.90 Å². The Kier molecular flexibility index (Phi) is 5.22. The second kappa shape index (κ2) is 8.20. The first-order valence-electron chi connectivity index (χ1n) is 10.5. The fourth-order valence-electron chi connectivity index (χ4n) is 4.43. The lowest BCUT2D eigenvalue weighted by Gasteiger charge is -2.21. The number of anilines is 1. The van der Waals surface area contributed by atoms with E-state index in [2.05, 4.69) is 5.32 Å². The standard InChI is InChI=1S/C24H24N2O6/c1-29-21-7-13(6-14(11-27)24(21)30-2)10-25-23-15-8-19-20(32-12-31-19)9-17(15)26-16-4-3-5-18(28)22(16)23/h6-9,27H,3-5,10-12H2,1-2H3,(H,25,26). The molecule has 2 N–H and O–H groups in total. The third-order valence-corrected chi connectivity index (χ3v) is 5.91. The predicted octanol–water partition coefficient (Wildman–Crippen LogP) is 3.60. The van der Waals surface area contributed by atoms with Crippen molar-refractivity contribution in [1.29, 1.82) is 0 Å². The van der Waals surface area contributed by atoms with E-state index in [4.69, 9.17) is 23.9 Å². The molecule has 3 aromatic rings. The molecule has 0 atom stereocenters. The predicted molar refractivity (Wildman–Crippen MR) is 118 cm³/mol. The van der Waals surface area contributed by atoms with Gasteiger partial charge in [0.2, 0.25) is 6.79 Å². The van der Waals surface area contributed by atoms with E-state index in [1.807, 2.05) is 24.3 Å². The number of aliphatic hydroxyl groups excluding tert-OH is 1. The van der Waals surface area contributed by atoms with Gasteiger partial charge in [-0.05, 0) is 36.6 Å². The van der Waals surface area contributed by atoms with E-state index < -0.39 is 0 Å². The van der Waals surface area contributed by atoms with Crippen LogP contribution >= 0.6 is 0 Å². The molecule has 166 valence electrons. The Labute approximate surface area is 185 Å². The highest BCUT2D eigenvalue weighted by molar-refractivity contribution is 6.10. The Morgan fingerprint density at radius 1 is 1.09 bits per heavy atom. The molecule has 8 heteroatoms. The maximum Gasteiger partial charge on any atom is 0.231 e. The summed E-state index contributed by atoms with van der Waals surface area (Å²) in [5, 5.41) is 14.0. The zero-order valence-corrected chi connectivity index (χ0v) is 18.0. The first-order valence-corrected chi connectivity index (χ1v) is 10.5. The Hall–Kier alpha value is -3.52. The number of nitrogens with one attached hydrogen (secondary N) is 1. The number of fused-ring (bicyclic) bond motifs is 3. The summed E-state index contributed by atoms with van der Waals surface area (Å²) < 4.78 is 21.9. The zero-order chi connectivity index (χ0) is 22.2. The highest BCUT2D eigenvalue weighted by atomic mass is 16.7. The van der Waals surface area contributed by atoms with Gasteiger partial charge in [-0.3, -0.25) is 9.78 Å². The number of hydrogen-bond acceptors (Lipinski definition) is 8. The van der Waals surface area contributed by atoms with Gasteiger partial charge in [-0.1, -0.05) is 0 Å². The second-order valence-corrected chi connectivity index (χ2v) is 7.81. The number of aromatic nitrogens is 1. The van der Waals surface area contributed by atoms with Crippen molar-refractivity contribution in [3.05, 3.63) is 46.6 Å². The van der Waals surface area contributed by atoms with Crippen LogP contribution in [0.2, 0.25) is 0 Å². The molecule has 1 aliphatic carbocycles. The molecular formula is C24H24N2O6. The number of ether oxygens (including phenoxy) is 4. The topological polar surface area (TPSA) is 99.1 Å². The molecule has 0 saturated carbocycles. The van der Waals surface area contributed by atoms with Crippen LogP contribution in [0.1, 0.15) is 40.0 Å². The van der Waals surface area contributed by atoms with Crippen LogP contribution in [0.25, 0.3) is 10.9 Å². The van der Waals surface area contributed by atoms with Crippen molar-refractivity contribution in [2.75, 3.05) is 26.3 Å². The van der Waals surface area contributed by atoms with Gasteiger partial charge in [0, 0.05) is 30.0 Å². The van der Waals surface area contributed by atoms with E-state index in [0.717, 1.165) is 40.7 Å². The first kappa shape index (κ1) is 20.4. The van der Waals surface area contributed by atoms with Gasteiger partial charge in [-0.15, -0.1) is 0 Å². The summed E-state index contributed by atoms with van der Waals surface area (Å²) in [6, 6.07) is 7.46. The highest BCUT2D eigenvalue weighted by Gasteiger charge is 2.26. The molecule has 2 heterocycles. The number of Topliss-reactive ketones (excluding diaryl/α,β-unsaturated/α-hetero) is 1. The molecule has 1 aliphatic heterocycles. The van der Waals surface area contributed by atoms with Gasteiger partial charge in [0.25, 0.3) is 0 Å². The van der Waals surface area contributed by atoms with Crippen LogP contribution in [0.3, 0.4) is 0 Å². The minimum absolute atomic E-state index is 0.0872. The number of aryl methyl sites for hydroxylation is 1. The third-order valence-electron chi connectivity index (χ3n) is 5.91. The van der Waals surface area contributed by atoms with E-state index in [1.54, 1.807) is 14.2 Å². The number of carbonyl (C=O) groups excluding carboxylic acids is 1. The minimum Gasteiger partial charge on any atom is -0.493 e. The molecule has 0 unspecified atom stereocenters. The maximum absolute atomic E-state index is 12.9. The summed E-state index contributed by atoms with van der Waals surface area (Å²) in [5.41, 5.74) is 4.46. The number of rotatable bonds is 6. The molecule has 8 nitrogen and oxygen atoms in total. The zero-order valence-electron chi connectivity index (χ0n) is 18.0. The molecule has 0 fully saturated rings. The number of benzene rings is 2. The third kappa shape index (κ3) is 3.36. The lowest BCUT2D eigenvalue weighted by Crippen LogP contribution is -2.17. The van der Waals surface area contributed by atoms with Crippen LogP contribution in [-0.4, -0.2) is 36.9 Å². The molecular weight excluding hydrogens is 412 g/mol. The summed E-state index contributed by atoms with van der Waals surface area (Å²) in [4.78, 5) is 17.6. The number of nitrogens with zero attached hydrogens (tertiary/aromatic N) is 1. The van der Waals surface area contributed by atoms with Crippen molar-refractivity contribution < 1.29 is 28.8 Å². The Balaban J connectivity index is 1.59. The van der Waals surface area contributed by atoms with Crippen LogP contribution in [0, 0.1) is 0 Å². The van der Waals surface area contributed by atoms with E-state index in [1.165, 1.54) is 0 Å². The molecule has 32 heavy (non-hydrogen) atoms. The average Bonchev–Trinajstić information content (AvgIpc) is 3.27. The molecule has 5 rings (SSSR count). The molecule has 1 aromatic heterocycles. The van der Waals surface area contributed by atoms with Crippen molar-refractivity contribution in [3.63, 3.8) is 0 Å². The molecule has 0 radical (unpaired) electrons. The van der Waals surface area contributed by atoms with Crippen molar-refractivity contribution in [2.45, 2.75) is 32.4 Å². The SMILES string of the molecule is COc1cc(CNc2c3c(nc4cc5c(cc24)OCO5)CCCC3=O)cc(CO)c1OC. The number of ketones is 1. The summed E-state index contributed by atoms with van der Waals surface area (Å²) in [7, 11) is 3.10. The minimum atomic E-state index is -0.178. The lowest BCUT2D eigenvalue weighted by molar-refractivity contribution is 0.0972. The monoisotopic (exact) mass is 436 g/mol. The van der Waals surface area contributed by atoms with Gasteiger partial charge in [-0.2, -0.15) is 0 Å². The van der Waals surface area contributed by atoms with Gasteiger partial charge < -0.3 is 29.4 Å². The number of carbonyl (C=O) groups is 1. The van der Waals surface area contributed by atoms with Gasteiger partial charge in [0.05, 0.1) is 43.3 Å². The van der Waals surface area contributed by atoms with Crippen LogP contribution in [0.15, 0.2) is 24.3 Å². The number of methoxy groups -OCH3 is 2. The average molecular weight is 436 g/mol. The smallest absolute Gasteiger partial charge is 0.231 e. The first-order chi connectivity index (χ1) is 15.6. The van der Waals surface area contributed by atoms with Gasteiger partial charge >= 0.3 is 0 Å². The van der Waals surface area contributed by atoms with Crippen LogP contribution in [0.5, 0.6) is 23.0 Å². The quantitative estimate of drug-likeness (QED) is 0.605. The molecule has 2 aromatic carbocycles. The normalized spacial score (nSPS) is 14.4. The Morgan fingerprint density at radius 3 is 2.66 bits per heavy atom. The van der Waals surface area contributed by atoms with Gasteiger partial charge in [0.15, 0.2) is 28.8 Å². The summed E-state index contributed by atoms with van der Waals surface area (Å²) >= 11 is 0. The van der Waals surface area contributed by atoms with Crippen LogP contribution in [-0.2, 0) is 19.6 Å². The molecule has 0 saturated heterocycles. The van der Waals surface area contributed by atoms with Crippen molar-refractivity contribution in [3.8, 4) is 23.0 Å². The van der Waals surface area contributed by atoms with Crippen molar-refractivity contribution in [1.82, 2.24) is 4.98 Å². The fourth-order valence-corrected chi connectivity index (χ4v) is 4.43. The molecule has 0 amide bonds. The molecule has 2 aliphatic rings. The van der Waals surface area contributed by atoms with E-state index in [0.29, 0.717) is 47.1 Å². The molecule has 0 bridgehead atoms. The summed E-state index contributed by atoms with van der Waals surface area (Å²) in [5.74, 6) is 2.43. The van der Waals surface area contributed by atoms with Crippen LogP contribution in [0.4, 0.5) is 5.69 Å². The van der Waals surface area contributed by atoms with E-state index in [-0.39, 0.29) is 19.2 Å². The fraction of sp³-hybridized carbons (Fsp3) is 0.333. The number of hydrogen-bond donors (Lipinski definition) is 2. The number of pyridine rings is 1. The largest absolute Gasteiger partial charge is 0.493 e. The highest BCUT2D eigenvalue weighted by Crippen LogP contribution is 2.41.